The van der Waals surface area contributed by atoms with Gasteiger partial charge in [-0.2, -0.15) is 0 Å². The maximum atomic E-state index is 5.76. The smallest absolute Gasteiger partial charge is 1.00 e. The van der Waals surface area contributed by atoms with E-state index in [0.717, 1.165) is 5.69 Å². The van der Waals surface area contributed by atoms with Gasteiger partial charge in [-0.25, -0.2) is 0 Å². The first-order valence-electron chi connectivity index (χ1n) is 4.69. The molecule has 0 amide bonds. The summed E-state index contributed by atoms with van der Waals surface area (Å²) >= 11 is 0. The predicted molar refractivity (Wildman–Crippen MR) is 68.9 cm³/mol. The summed E-state index contributed by atoms with van der Waals surface area (Å²) in [6.07, 6.45) is 0. The summed E-state index contributed by atoms with van der Waals surface area (Å²) in [7, 11) is 0. The zero-order valence-corrected chi connectivity index (χ0v) is 12.3. The van der Waals surface area contributed by atoms with Gasteiger partial charge >= 0.3 is 51.4 Å². The molecule has 0 aliphatic rings. The molecule has 0 fully saturated rings. The Balaban J connectivity index is 0. The average Bonchev–Trinajstić information content (AvgIpc) is 2.23. The van der Waals surface area contributed by atoms with Crippen molar-refractivity contribution in [3.05, 3.63) is 54.1 Å². The van der Waals surface area contributed by atoms with E-state index in [2.05, 4.69) is 25.1 Å². The van der Waals surface area contributed by atoms with Crippen LogP contribution >= 0.6 is 0 Å². The van der Waals surface area contributed by atoms with E-state index < -0.39 is 0 Å². The van der Waals surface area contributed by atoms with E-state index in [-0.39, 0.29) is 60.2 Å². The Morgan fingerprint density at radius 3 is 2.25 bits per heavy atom. The SMILES string of the molecule is C.Cc1ccc(N)cc1-c1ccccc1.[H-].[K+]. The zero-order chi connectivity index (χ0) is 9.97. The number of nitrogens with two attached hydrogens (primary N) is 1. The van der Waals surface area contributed by atoms with Crippen LogP contribution in [0.4, 0.5) is 5.69 Å². The van der Waals surface area contributed by atoms with Gasteiger partial charge < -0.3 is 7.16 Å². The summed E-state index contributed by atoms with van der Waals surface area (Å²) in [4.78, 5) is 0. The molecule has 0 radical (unpaired) electrons. The largest absolute Gasteiger partial charge is 1.00 e. The van der Waals surface area contributed by atoms with Gasteiger partial charge in [-0.15, -0.1) is 0 Å². The fourth-order valence-electron chi connectivity index (χ4n) is 1.57. The Labute approximate surface area is 142 Å². The Bertz CT molecular complexity index is 443. The molecule has 0 spiro atoms. The van der Waals surface area contributed by atoms with E-state index in [1.54, 1.807) is 0 Å². The molecule has 2 rings (SSSR count). The van der Waals surface area contributed by atoms with E-state index in [9.17, 15) is 0 Å². The average molecular weight is 239 g/mol. The molecule has 16 heavy (non-hydrogen) atoms. The van der Waals surface area contributed by atoms with E-state index in [4.69, 9.17) is 5.73 Å². The van der Waals surface area contributed by atoms with Gasteiger partial charge in [0.1, 0.15) is 0 Å². The van der Waals surface area contributed by atoms with Gasteiger partial charge in [-0.3, -0.25) is 0 Å². The Hall–Kier alpha value is -0.124. The van der Waals surface area contributed by atoms with Gasteiger partial charge in [-0.1, -0.05) is 43.8 Å². The van der Waals surface area contributed by atoms with Crippen molar-refractivity contribution in [1.29, 1.82) is 0 Å². The molecule has 0 bridgehead atoms. The minimum Gasteiger partial charge on any atom is -1.00 e. The summed E-state index contributed by atoms with van der Waals surface area (Å²) in [5.74, 6) is 0. The third kappa shape index (κ3) is 3.72. The number of hydrogen-bond donors (Lipinski definition) is 1. The molecule has 0 aliphatic heterocycles. The zero-order valence-electron chi connectivity index (χ0n) is 10.2. The Kier molecular flexibility index (Phi) is 7.19. The van der Waals surface area contributed by atoms with Gasteiger partial charge in [-0.05, 0) is 35.7 Å². The third-order valence-corrected chi connectivity index (χ3v) is 2.35. The molecule has 2 aromatic carbocycles. The van der Waals surface area contributed by atoms with E-state index in [1.165, 1.54) is 16.7 Å². The van der Waals surface area contributed by atoms with Crippen molar-refractivity contribution in [1.82, 2.24) is 0 Å². The number of anilines is 1. The van der Waals surface area contributed by atoms with Crippen LogP contribution in [0, 0.1) is 6.92 Å². The number of rotatable bonds is 1. The maximum absolute atomic E-state index is 5.76. The predicted octanol–water partition coefficient (Wildman–Crippen LogP) is 0.997. The van der Waals surface area contributed by atoms with Crippen LogP contribution < -0.4 is 57.1 Å². The molecule has 0 atom stereocenters. The fourth-order valence-corrected chi connectivity index (χ4v) is 1.57. The van der Waals surface area contributed by atoms with Crippen LogP contribution in [0.3, 0.4) is 0 Å². The van der Waals surface area contributed by atoms with Gasteiger partial charge in [0.25, 0.3) is 0 Å². The van der Waals surface area contributed by atoms with Gasteiger partial charge in [0.2, 0.25) is 0 Å². The number of benzene rings is 2. The maximum Gasteiger partial charge on any atom is 1.00 e. The molecule has 0 saturated carbocycles. The standard InChI is InChI=1S/C13H13N.CH4.K.H/c1-10-7-8-12(14)9-13(10)11-5-3-2-4-6-11;;;/h2-9H,14H2,1H3;1H4;;/q;;+1;-1. The summed E-state index contributed by atoms with van der Waals surface area (Å²) in [5, 5.41) is 0. The second-order valence-corrected chi connectivity index (χ2v) is 3.44. The molecule has 2 heteroatoms. The molecule has 1 nitrogen and oxygen atoms in total. The van der Waals surface area contributed by atoms with Crippen molar-refractivity contribution in [2.75, 3.05) is 5.73 Å². The second-order valence-electron chi connectivity index (χ2n) is 3.44. The van der Waals surface area contributed by atoms with Crippen LogP contribution in [0.1, 0.15) is 14.4 Å². The molecule has 0 heterocycles. The van der Waals surface area contributed by atoms with Crippen molar-refractivity contribution in [3.8, 4) is 11.1 Å². The van der Waals surface area contributed by atoms with Crippen molar-refractivity contribution in [2.45, 2.75) is 14.4 Å². The number of hydrogen-bond acceptors (Lipinski definition) is 1. The summed E-state index contributed by atoms with van der Waals surface area (Å²) in [5.41, 5.74) is 10.3. The number of nitrogen functional groups attached to an aromatic ring is 1. The molecule has 0 saturated heterocycles. The first-order valence-corrected chi connectivity index (χ1v) is 4.69. The number of aryl methyl sites for hydroxylation is 1. The first-order chi connectivity index (χ1) is 6.77. The second kappa shape index (κ2) is 7.25. The van der Waals surface area contributed by atoms with Crippen molar-refractivity contribution in [3.63, 3.8) is 0 Å². The Morgan fingerprint density at radius 2 is 1.62 bits per heavy atom. The van der Waals surface area contributed by atoms with Crippen LogP contribution in [0.15, 0.2) is 48.5 Å². The van der Waals surface area contributed by atoms with Gasteiger partial charge in [0, 0.05) is 5.69 Å². The summed E-state index contributed by atoms with van der Waals surface area (Å²) in [6.45, 7) is 2.10. The van der Waals surface area contributed by atoms with Crippen LogP contribution in [-0.2, 0) is 0 Å². The Morgan fingerprint density at radius 1 is 1.00 bits per heavy atom. The molecular weight excluding hydrogens is 221 g/mol. The molecule has 80 valence electrons. The molecule has 2 N–H and O–H groups in total. The quantitative estimate of drug-likeness (QED) is 0.583. The first kappa shape index (κ1) is 15.9. The summed E-state index contributed by atoms with van der Waals surface area (Å²) in [6, 6.07) is 16.3. The van der Waals surface area contributed by atoms with Crippen molar-refractivity contribution >= 4 is 5.69 Å². The van der Waals surface area contributed by atoms with E-state index in [1.807, 2.05) is 30.3 Å². The minimum absolute atomic E-state index is 0. The molecule has 0 unspecified atom stereocenters. The molecular formula is C14H18KN. The van der Waals surface area contributed by atoms with Crippen LogP contribution in [-0.4, -0.2) is 0 Å². The fraction of sp³-hybridized carbons (Fsp3) is 0.143. The van der Waals surface area contributed by atoms with Gasteiger partial charge in [0.15, 0.2) is 0 Å². The van der Waals surface area contributed by atoms with E-state index in [0.29, 0.717) is 0 Å². The monoisotopic (exact) mass is 239 g/mol. The third-order valence-electron chi connectivity index (χ3n) is 2.35. The normalized spacial score (nSPS) is 8.81. The van der Waals surface area contributed by atoms with Crippen LogP contribution in [0.2, 0.25) is 0 Å². The topological polar surface area (TPSA) is 26.0 Å². The molecule has 0 aliphatic carbocycles. The van der Waals surface area contributed by atoms with Crippen LogP contribution in [0.5, 0.6) is 0 Å². The van der Waals surface area contributed by atoms with Gasteiger partial charge in [0.05, 0.1) is 0 Å². The van der Waals surface area contributed by atoms with Crippen molar-refractivity contribution in [2.24, 2.45) is 0 Å². The molecule has 0 aromatic heterocycles. The molecule has 2 aromatic rings. The summed E-state index contributed by atoms with van der Waals surface area (Å²) < 4.78 is 0. The van der Waals surface area contributed by atoms with Crippen molar-refractivity contribution < 1.29 is 52.8 Å². The van der Waals surface area contributed by atoms with Crippen LogP contribution in [0.25, 0.3) is 11.1 Å². The minimum atomic E-state index is 0. The van der Waals surface area contributed by atoms with E-state index >= 15 is 0 Å².